The Kier molecular flexibility index (Phi) is 4.90. The third-order valence-electron chi connectivity index (χ3n) is 3.03. The second kappa shape index (κ2) is 6.86. The SMILES string of the molecule is CCCn1cc(CNCc2ccccc2C(=O)O)cn1. The average molecular weight is 273 g/mol. The largest absolute Gasteiger partial charge is 0.478 e. The Morgan fingerprint density at radius 1 is 1.35 bits per heavy atom. The predicted octanol–water partition coefficient (Wildman–Crippen LogP) is 2.28. The number of rotatable bonds is 7. The van der Waals surface area contributed by atoms with Crippen LogP contribution < -0.4 is 5.32 Å². The summed E-state index contributed by atoms with van der Waals surface area (Å²) in [7, 11) is 0. The molecule has 0 saturated heterocycles. The Morgan fingerprint density at radius 2 is 2.15 bits per heavy atom. The van der Waals surface area contributed by atoms with Gasteiger partial charge in [-0.15, -0.1) is 0 Å². The van der Waals surface area contributed by atoms with Crippen LogP contribution in [0.3, 0.4) is 0 Å². The number of aromatic carboxylic acids is 1. The molecule has 0 atom stereocenters. The van der Waals surface area contributed by atoms with E-state index in [0.29, 0.717) is 18.7 Å². The molecule has 106 valence electrons. The Bertz CT molecular complexity index is 578. The van der Waals surface area contributed by atoms with E-state index in [1.807, 2.05) is 29.2 Å². The summed E-state index contributed by atoms with van der Waals surface area (Å²) >= 11 is 0. The number of carboxylic acid groups (broad SMARTS) is 1. The van der Waals surface area contributed by atoms with Crippen molar-refractivity contribution in [2.45, 2.75) is 33.0 Å². The number of carboxylic acids is 1. The fourth-order valence-electron chi connectivity index (χ4n) is 2.07. The minimum Gasteiger partial charge on any atom is -0.478 e. The summed E-state index contributed by atoms with van der Waals surface area (Å²) in [6.07, 6.45) is 4.91. The van der Waals surface area contributed by atoms with Gasteiger partial charge in [0.25, 0.3) is 0 Å². The standard InChI is InChI=1S/C15H19N3O2/c1-2-7-18-11-12(9-17-18)8-16-10-13-5-3-4-6-14(13)15(19)20/h3-6,9,11,16H,2,7-8,10H2,1H3,(H,19,20). The highest BCUT2D eigenvalue weighted by Crippen LogP contribution is 2.09. The van der Waals surface area contributed by atoms with Crippen molar-refractivity contribution in [3.8, 4) is 0 Å². The maximum Gasteiger partial charge on any atom is 0.336 e. The van der Waals surface area contributed by atoms with Crippen LogP contribution in [0.15, 0.2) is 36.7 Å². The fourth-order valence-corrected chi connectivity index (χ4v) is 2.07. The zero-order valence-corrected chi connectivity index (χ0v) is 11.5. The fraction of sp³-hybridized carbons (Fsp3) is 0.333. The van der Waals surface area contributed by atoms with Crippen molar-refractivity contribution < 1.29 is 9.90 Å². The first-order valence-electron chi connectivity index (χ1n) is 6.74. The number of nitrogens with zero attached hydrogens (tertiary/aromatic N) is 2. The van der Waals surface area contributed by atoms with Gasteiger partial charge in [-0.2, -0.15) is 5.10 Å². The van der Waals surface area contributed by atoms with Crippen LogP contribution >= 0.6 is 0 Å². The van der Waals surface area contributed by atoms with E-state index in [-0.39, 0.29) is 0 Å². The lowest BCUT2D eigenvalue weighted by Crippen LogP contribution is -2.15. The molecule has 0 aliphatic carbocycles. The van der Waals surface area contributed by atoms with E-state index in [0.717, 1.165) is 24.1 Å². The summed E-state index contributed by atoms with van der Waals surface area (Å²) in [6, 6.07) is 7.04. The quantitative estimate of drug-likeness (QED) is 0.812. The molecule has 2 rings (SSSR count). The van der Waals surface area contributed by atoms with Crippen LogP contribution in [-0.2, 0) is 19.6 Å². The molecule has 0 unspecified atom stereocenters. The van der Waals surface area contributed by atoms with Crippen LogP contribution in [0.25, 0.3) is 0 Å². The van der Waals surface area contributed by atoms with Crippen molar-refractivity contribution in [1.82, 2.24) is 15.1 Å². The third-order valence-corrected chi connectivity index (χ3v) is 3.03. The Balaban J connectivity index is 1.91. The topological polar surface area (TPSA) is 67.2 Å². The number of nitrogens with one attached hydrogen (secondary N) is 1. The molecular weight excluding hydrogens is 254 g/mol. The summed E-state index contributed by atoms with van der Waals surface area (Å²) < 4.78 is 1.92. The van der Waals surface area contributed by atoms with Gasteiger partial charge < -0.3 is 10.4 Å². The maximum atomic E-state index is 11.1. The number of hydrogen-bond acceptors (Lipinski definition) is 3. The van der Waals surface area contributed by atoms with Crippen molar-refractivity contribution in [2.24, 2.45) is 0 Å². The Labute approximate surface area is 118 Å². The lowest BCUT2D eigenvalue weighted by atomic mass is 10.1. The van der Waals surface area contributed by atoms with Gasteiger partial charge in [0.1, 0.15) is 0 Å². The van der Waals surface area contributed by atoms with Crippen molar-refractivity contribution in [1.29, 1.82) is 0 Å². The summed E-state index contributed by atoms with van der Waals surface area (Å²) in [5.41, 5.74) is 2.24. The normalized spacial score (nSPS) is 10.7. The van der Waals surface area contributed by atoms with E-state index >= 15 is 0 Å². The first-order chi connectivity index (χ1) is 9.70. The van der Waals surface area contributed by atoms with Gasteiger partial charge in [0, 0.05) is 31.4 Å². The van der Waals surface area contributed by atoms with Crippen LogP contribution in [0, 0.1) is 0 Å². The van der Waals surface area contributed by atoms with Crippen LogP contribution in [0.5, 0.6) is 0 Å². The molecule has 2 aromatic rings. The molecule has 0 aliphatic heterocycles. The second-order valence-corrected chi connectivity index (χ2v) is 4.68. The molecule has 0 radical (unpaired) electrons. The van der Waals surface area contributed by atoms with Crippen molar-refractivity contribution in [3.05, 3.63) is 53.3 Å². The molecule has 0 bridgehead atoms. The summed E-state index contributed by atoms with van der Waals surface area (Å²) in [5.74, 6) is -0.891. The number of benzene rings is 1. The molecule has 5 heteroatoms. The molecule has 2 N–H and O–H groups in total. The molecule has 20 heavy (non-hydrogen) atoms. The van der Waals surface area contributed by atoms with Gasteiger partial charge in [-0.25, -0.2) is 4.79 Å². The van der Waals surface area contributed by atoms with Crippen LogP contribution in [0.4, 0.5) is 0 Å². The zero-order chi connectivity index (χ0) is 14.4. The third kappa shape index (κ3) is 3.68. The molecule has 0 fully saturated rings. The van der Waals surface area contributed by atoms with E-state index < -0.39 is 5.97 Å². The van der Waals surface area contributed by atoms with Crippen molar-refractivity contribution in [3.63, 3.8) is 0 Å². The molecule has 0 aliphatic rings. The Hall–Kier alpha value is -2.14. The van der Waals surface area contributed by atoms with Gasteiger partial charge in [0.2, 0.25) is 0 Å². The minimum absolute atomic E-state index is 0.349. The highest BCUT2D eigenvalue weighted by Gasteiger charge is 2.08. The number of carbonyl (C=O) groups is 1. The van der Waals surface area contributed by atoms with Crippen LogP contribution in [-0.4, -0.2) is 20.9 Å². The molecule has 0 spiro atoms. The highest BCUT2D eigenvalue weighted by atomic mass is 16.4. The lowest BCUT2D eigenvalue weighted by Gasteiger charge is -2.06. The smallest absolute Gasteiger partial charge is 0.336 e. The van der Waals surface area contributed by atoms with Crippen molar-refractivity contribution >= 4 is 5.97 Å². The van der Waals surface area contributed by atoms with E-state index in [4.69, 9.17) is 5.11 Å². The van der Waals surface area contributed by atoms with Crippen LogP contribution in [0.2, 0.25) is 0 Å². The number of hydrogen-bond donors (Lipinski definition) is 2. The predicted molar refractivity (Wildman–Crippen MR) is 76.5 cm³/mol. The Morgan fingerprint density at radius 3 is 2.90 bits per heavy atom. The van der Waals surface area contributed by atoms with Gasteiger partial charge in [0.05, 0.1) is 11.8 Å². The molecule has 0 amide bonds. The number of aryl methyl sites for hydroxylation is 1. The van der Waals surface area contributed by atoms with E-state index in [1.165, 1.54) is 0 Å². The van der Waals surface area contributed by atoms with E-state index in [9.17, 15) is 4.79 Å². The van der Waals surface area contributed by atoms with Crippen molar-refractivity contribution in [2.75, 3.05) is 0 Å². The van der Waals surface area contributed by atoms with E-state index in [1.54, 1.807) is 12.1 Å². The van der Waals surface area contributed by atoms with Gasteiger partial charge in [-0.3, -0.25) is 4.68 Å². The van der Waals surface area contributed by atoms with Gasteiger partial charge >= 0.3 is 5.97 Å². The first-order valence-corrected chi connectivity index (χ1v) is 6.74. The molecule has 1 aromatic heterocycles. The lowest BCUT2D eigenvalue weighted by molar-refractivity contribution is 0.0695. The second-order valence-electron chi connectivity index (χ2n) is 4.68. The molecule has 5 nitrogen and oxygen atoms in total. The first kappa shape index (κ1) is 14.3. The summed E-state index contributed by atoms with van der Waals surface area (Å²) in [6.45, 7) is 4.24. The summed E-state index contributed by atoms with van der Waals surface area (Å²) in [4.78, 5) is 11.1. The van der Waals surface area contributed by atoms with E-state index in [2.05, 4.69) is 17.3 Å². The molecule has 1 aromatic carbocycles. The minimum atomic E-state index is -0.891. The average Bonchev–Trinajstić information content (AvgIpc) is 2.87. The number of aromatic nitrogens is 2. The monoisotopic (exact) mass is 273 g/mol. The molecule has 1 heterocycles. The van der Waals surface area contributed by atoms with Crippen LogP contribution in [0.1, 0.15) is 34.8 Å². The highest BCUT2D eigenvalue weighted by molar-refractivity contribution is 5.89. The maximum absolute atomic E-state index is 11.1. The molecular formula is C15H19N3O2. The van der Waals surface area contributed by atoms with Gasteiger partial charge in [-0.1, -0.05) is 25.1 Å². The van der Waals surface area contributed by atoms with Gasteiger partial charge in [0.15, 0.2) is 0 Å². The zero-order valence-electron chi connectivity index (χ0n) is 11.5. The summed E-state index contributed by atoms with van der Waals surface area (Å²) in [5, 5.41) is 16.6. The molecule has 0 saturated carbocycles. The van der Waals surface area contributed by atoms with Gasteiger partial charge in [-0.05, 0) is 18.1 Å².